The highest BCUT2D eigenvalue weighted by Gasteiger charge is 2.06. The second-order valence-electron chi connectivity index (χ2n) is 5.92. The zero-order chi connectivity index (χ0) is 17.2. The van der Waals surface area contributed by atoms with Crippen molar-refractivity contribution in [3.63, 3.8) is 0 Å². The molecule has 0 aliphatic heterocycles. The van der Waals surface area contributed by atoms with E-state index in [9.17, 15) is 0 Å². The topological polar surface area (TPSA) is 61.3 Å². The van der Waals surface area contributed by atoms with Crippen LogP contribution in [0, 0.1) is 6.92 Å². The predicted molar refractivity (Wildman–Crippen MR) is 99.1 cm³/mol. The monoisotopic (exact) mass is 328 g/mol. The summed E-state index contributed by atoms with van der Waals surface area (Å²) in [6.07, 6.45) is 1.88. The number of rotatable bonds is 10. The summed E-state index contributed by atoms with van der Waals surface area (Å²) in [5.74, 6) is 0.855. The van der Waals surface area contributed by atoms with Crippen molar-refractivity contribution in [3.8, 4) is 11.3 Å². The summed E-state index contributed by atoms with van der Waals surface area (Å²) in [7, 11) is 0. The number of aryl methyl sites for hydroxylation is 1. The molecule has 0 radical (unpaired) electrons. The number of benzene rings is 1. The number of anilines is 1. The molecule has 2 N–H and O–H groups in total. The van der Waals surface area contributed by atoms with Crippen LogP contribution in [-0.4, -0.2) is 53.0 Å². The normalized spacial score (nSPS) is 11.0. The van der Waals surface area contributed by atoms with Crippen molar-refractivity contribution in [1.29, 1.82) is 0 Å². The maximum absolute atomic E-state index is 8.91. The highest BCUT2D eigenvalue weighted by Crippen LogP contribution is 2.19. The van der Waals surface area contributed by atoms with Crippen LogP contribution in [0.4, 0.5) is 5.82 Å². The van der Waals surface area contributed by atoms with Gasteiger partial charge in [0.25, 0.3) is 0 Å². The molecule has 24 heavy (non-hydrogen) atoms. The minimum atomic E-state index is 0.261. The first-order chi connectivity index (χ1) is 11.7. The lowest BCUT2D eigenvalue weighted by atomic mass is 10.1. The van der Waals surface area contributed by atoms with Crippen molar-refractivity contribution >= 4 is 5.82 Å². The molecule has 0 amide bonds. The Morgan fingerprint density at radius 1 is 1.08 bits per heavy atom. The largest absolute Gasteiger partial charge is 0.396 e. The van der Waals surface area contributed by atoms with Gasteiger partial charge in [0.1, 0.15) is 0 Å². The van der Waals surface area contributed by atoms with Gasteiger partial charge in [-0.1, -0.05) is 37.3 Å². The average Bonchev–Trinajstić information content (AvgIpc) is 2.63. The predicted octanol–water partition coefficient (Wildman–Crippen LogP) is 2.96. The van der Waals surface area contributed by atoms with Crippen molar-refractivity contribution < 1.29 is 5.11 Å². The molecule has 2 rings (SSSR count). The van der Waals surface area contributed by atoms with Gasteiger partial charge in [-0.15, -0.1) is 10.2 Å². The van der Waals surface area contributed by atoms with Gasteiger partial charge >= 0.3 is 0 Å². The highest BCUT2D eigenvalue weighted by molar-refractivity contribution is 5.61. The van der Waals surface area contributed by atoms with Crippen LogP contribution in [0.15, 0.2) is 36.4 Å². The van der Waals surface area contributed by atoms with Gasteiger partial charge in [0.2, 0.25) is 0 Å². The standard InChI is InChI=1S/C19H28N4O/c1-3-23(13-8-14-24)12-7-11-20-19-16(2)15-18(21-22-19)17-9-5-4-6-10-17/h4-6,9-10,15,24H,3,7-8,11-14H2,1-2H3,(H,20,22). The molecular weight excluding hydrogens is 300 g/mol. The zero-order valence-electron chi connectivity index (χ0n) is 14.7. The molecule has 130 valence electrons. The van der Waals surface area contributed by atoms with Crippen LogP contribution in [0.5, 0.6) is 0 Å². The van der Waals surface area contributed by atoms with E-state index in [0.29, 0.717) is 0 Å². The van der Waals surface area contributed by atoms with Gasteiger partial charge in [0.05, 0.1) is 5.69 Å². The Kier molecular flexibility index (Phi) is 7.65. The number of nitrogens with zero attached hydrogens (tertiary/aromatic N) is 3. The first-order valence-electron chi connectivity index (χ1n) is 8.71. The van der Waals surface area contributed by atoms with Crippen LogP contribution in [0.2, 0.25) is 0 Å². The Morgan fingerprint density at radius 3 is 2.50 bits per heavy atom. The molecule has 0 saturated carbocycles. The third-order valence-corrected chi connectivity index (χ3v) is 4.08. The van der Waals surface area contributed by atoms with Gasteiger partial charge in [0.15, 0.2) is 5.82 Å². The van der Waals surface area contributed by atoms with Crippen molar-refractivity contribution in [1.82, 2.24) is 15.1 Å². The molecular formula is C19H28N4O. The van der Waals surface area contributed by atoms with E-state index < -0.39 is 0 Å². The van der Waals surface area contributed by atoms with Gasteiger partial charge in [0, 0.05) is 25.3 Å². The van der Waals surface area contributed by atoms with Crippen molar-refractivity contribution in [2.75, 3.05) is 38.1 Å². The summed E-state index contributed by atoms with van der Waals surface area (Å²) in [4.78, 5) is 2.36. The summed E-state index contributed by atoms with van der Waals surface area (Å²) in [5, 5.41) is 21.0. The molecule has 5 nitrogen and oxygen atoms in total. The van der Waals surface area contributed by atoms with Gasteiger partial charge in [-0.3, -0.25) is 0 Å². The highest BCUT2D eigenvalue weighted by atomic mass is 16.3. The third kappa shape index (κ3) is 5.58. The summed E-state index contributed by atoms with van der Waals surface area (Å²) in [5.41, 5.74) is 3.10. The van der Waals surface area contributed by atoms with Gasteiger partial charge in [-0.25, -0.2) is 0 Å². The number of aliphatic hydroxyl groups excluding tert-OH is 1. The van der Waals surface area contributed by atoms with Crippen LogP contribution in [0.3, 0.4) is 0 Å². The Balaban J connectivity index is 1.83. The summed E-state index contributed by atoms with van der Waals surface area (Å²) < 4.78 is 0. The molecule has 0 saturated heterocycles. The fraction of sp³-hybridized carbons (Fsp3) is 0.474. The maximum atomic E-state index is 8.91. The summed E-state index contributed by atoms with van der Waals surface area (Å²) in [6, 6.07) is 12.2. The zero-order valence-corrected chi connectivity index (χ0v) is 14.7. The van der Waals surface area contributed by atoms with Gasteiger partial charge in [-0.2, -0.15) is 0 Å². The smallest absolute Gasteiger partial charge is 0.151 e. The first kappa shape index (κ1) is 18.4. The van der Waals surface area contributed by atoms with E-state index in [-0.39, 0.29) is 6.61 Å². The molecule has 0 fully saturated rings. The minimum absolute atomic E-state index is 0.261. The SMILES string of the molecule is CCN(CCCO)CCCNc1nnc(-c2ccccc2)cc1C. The third-order valence-electron chi connectivity index (χ3n) is 4.08. The fourth-order valence-electron chi connectivity index (χ4n) is 2.64. The Labute approximate surface area is 144 Å². The van der Waals surface area contributed by atoms with Crippen LogP contribution in [-0.2, 0) is 0 Å². The minimum Gasteiger partial charge on any atom is -0.396 e. The molecule has 0 unspecified atom stereocenters. The van der Waals surface area contributed by atoms with E-state index in [1.807, 2.05) is 30.3 Å². The van der Waals surface area contributed by atoms with Gasteiger partial charge < -0.3 is 15.3 Å². The molecule has 1 aromatic heterocycles. The second-order valence-corrected chi connectivity index (χ2v) is 5.92. The molecule has 5 heteroatoms. The molecule has 1 heterocycles. The van der Waals surface area contributed by atoms with E-state index in [0.717, 1.165) is 61.7 Å². The summed E-state index contributed by atoms with van der Waals surface area (Å²) >= 11 is 0. The van der Waals surface area contributed by atoms with Gasteiger partial charge in [-0.05, 0) is 44.5 Å². The van der Waals surface area contributed by atoms with Crippen molar-refractivity contribution in [2.24, 2.45) is 0 Å². The molecule has 0 bridgehead atoms. The Bertz CT molecular complexity index is 604. The van der Waals surface area contributed by atoms with E-state index in [2.05, 4.69) is 40.3 Å². The summed E-state index contributed by atoms with van der Waals surface area (Å²) in [6.45, 7) is 8.35. The number of nitrogens with one attached hydrogen (secondary N) is 1. The first-order valence-corrected chi connectivity index (χ1v) is 8.71. The molecule has 0 aliphatic carbocycles. The number of hydrogen-bond acceptors (Lipinski definition) is 5. The van der Waals surface area contributed by atoms with E-state index >= 15 is 0 Å². The number of hydrogen-bond donors (Lipinski definition) is 2. The molecule has 0 spiro atoms. The Hall–Kier alpha value is -1.98. The number of aliphatic hydroxyl groups is 1. The average molecular weight is 328 g/mol. The van der Waals surface area contributed by atoms with E-state index in [1.165, 1.54) is 0 Å². The van der Waals surface area contributed by atoms with Crippen molar-refractivity contribution in [2.45, 2.75) is 26.7 Å². The molecule has 2 aromatic rings. The lowest BCUT2D eigenvalue weighted by molar-refractivity contribution is 0.230. The van der Waals surface area contributed by atoms with E-state index in [1.54, 1.807) is 0 Å². The quantitative estimate of drug-likeness (QED) is 0.657. The molecule has 0 atom stereocenters. The van der Waals surface area contributed by atoms with E-state index in [4.69, 9.17) is 5.11 Å². The maximum Gasteiger partial charge on any atom is 0.151 e. The lowest BCUT2D eigenvalue weighted by Gasteiger charge is -2.19. The van der Waals surface area contributed by atoms with Crippen LogP contribution < -0.4 is 5.32 Å². The van der Waals surface area contributed by atoms with Crippen LogP contribution in [0.1, 0.15) is 25.3 Å². The lowest BCUT2D eigenvalue weighted by Crippen LogP contribution is -2.27. The van der Waals surface area contributed by atoms with Crippen molar-refractivity contribution in [3.05, 3.63) is 42.0 Å². The fourth-order valence-corrected chi connectivity index (χ4v) is 2.64. The molecule has 1 aromatic carbocycles. The second kappa shape index (κ2) is 10.0. The van der Waals surface area contributed by atoms with Crippen LogP contribution in [0.25, 0.3) is 11.3 Å². The number of aromatic nitrogens is 2. The molecule has 0 aliphatic rings. The Morgan fingerprint density at radius 2 is 1.83 bits per heavy atom. The van der Waals surface area contributed by atoms with Crippen LogP contribution >= 0.6 is 0 Å².